The summed E-state index contributed by atoms with van der Waals surface area (Å²) in [6.45, 7) is 3.22. The summed E-state index contributed by atoms with van der Waals surface area (Å²) in [4.78, 5) is -0.191. The average molecular weight is 400 g/mol. The van der Waals surface area contributed by atoms with Crippen LogP contribution < -0.4 is 4.72 Å². The Morgan fingerprint density at radius 3 is 2.25 bits per heavy atom. The summed E-state index contributed by atoms with van der Waals surface area (Å²) >= 11 is 15.1. The van der Waals surface area contributed by atoms with Crippen molar-refractivity contribution in [3.8, 4) is 0 Å². The fourth-order valence-corrected chi connectivity index (χ4v) is 4.71. The summed E-state index contributed by atoms with van der Waals surface area (Å²) in [5.74, 6) is 0.357. The lowest BCUT2D eigenvalue weighted by atomic mass is 10.3. The van der Waals surface area contributed by atoms with Gasteiger partial charge in [-0.05, 0) is 26.0 Å². The van der Waals surface area contributed by atoms with Crippen molar-refractivity contribution in [1.29, 1.82) is 0 Å². The van der Waals surface area contributed by atoms with E-state index in [2.05, 4.69) is 25.8 Å². The third-order valence-electron chi connectivity index (χ3n) is 2.50. The standard InChI is InChI=1S/C11H9BrCl2N2O3S/c1-5-10(6(2)19-15-5)16-20(17,18)11-8(13)3-7(12)4-9(11)14/h3-4,16H,1-2H3. The molecule has 0 spiro atoms. The van der Waals surface area contributed by atoms with E-state index in [0.717, 1.165) is 0 Å². The lowest BCUT2D eigenvalue weighted by Gasteiger charge is -2.11. The number of anilines is 1. The highest BCUT2D eigenvalue weighted by atomic mass is 79.9. The van der Waals surface area contributed by atoms with Crippen LogP contribution in [0.4, 0.5) is 5.69 Å². The van der Waals surface area contributed by atoms with E-state index in [0.29, 0.717) is 15.9 Å². The molecule has 0 unspecified atom stereocenters. The molecular formula is C11H9BrCl2N2O3S. The van der Waals surface area contributed by atoms with E-state index >= 15 is 0 Å². The van der Waals surface area contributed by atoms with E-state index in [1.165, 1.54) is 12.1 Å². The molecule has 0 aliphatic carbocycles. The average Bonchev–Trinajstić information content (AvgIpc) is 2.58. The third-order valence-corrected chi connectivity index (χ3v) is 5.23. The molecule has 0 radical (unpaired) electrons. The molecule has 5 nitrogen and oxygen atoms in total. The highest BCUT2D eigenvalue weighted by Gasteiger charge is 2.25. The molecule has 1 heterocycles. The van der Waals surface area contributed by atoms with Crippen molar-refractivity contribution in [3.63, 3.8) is 0 Å². The van der Waals surface area contributed by atoms with Gasteiger partial charge in [-0.25, -0.2) is 8.42 Å². The van der Waals surface area contributed by atoms with E-state index < -0.39 is 10.0 Å². The first kappa shape index (κ1) is 15.6. The second-order valence-corrected chi connectivity index (χ2v) is 7.35. The van der Waals surface area contributed by atoms with Gasteiger partial charge >= 0.3 is 0 Å². The van der Waals surface area contributed by atoms with E-state index in [-0.39, 0.29) is 20.6 Å². The van der Waals surface area contributed by atoms with Crippen molar-refractivity contribution in [1.82, 2.24) is 5.16 Å². The van der Waals surface area contributed by atoms with Crippen molar-refractivity contribution in [2.24, 2.45) is 0 Å². The van der Waals surface area contributed by atoms with Crippen molar-refractivity contribution >= 4 is 54.8 Å². The monoisotopic (exact) mass is 398 g/mol. The number of rotatable bonds is 3. The minimum absolute atomic E-state index is 0.0173. The second kappa shape index (κ2) is 5.55. The SMILES string of the molecule is Cc1noc(C)c1NS(=O)(=O)c1c(Cl)cc(Br)cc1Cl. The highest BCUT2D eigenvalue weighted by Crippen LogP contribution is 2.34. The van der Waals surface area contributed by atoms with Gasteiger partial charge in [-0.3, -0.25) is 4.72 Å². The first-order valence-electron chi connectivity index (χ1n) is 5.32. The molecule has 2 rings (SSSR count). The summed E-state index contributed by atoms with van der Waals surface area (Å²) in [7, 11) is -3.94. The molecule has 1 aromatic carbocycles. The number of halogens is 3. The van der Waals surface area contributed by atoms with Gasteiger partial charge in [0.2, 0.25) is 0 Å². The Bertz CT molecular complexity index is 731. The van der Waals surface area contributed by atoms with Gasteiger partial charge in [0.1, 0.15) is 16.3 Å². The van der Waals surface area contributed by atoms with Gasteiger partial charge in [-0.1, -0.05) is 44.3 Å². The normalized spacial score (nSPS) is 11.7. The molecule has 0 saturated heterocycles. The number of nitrogens with one attached hydrogen (secondary N) is 1. The van der Waals surface area contributed by atoms with Crippen LogP contribution in [-0.4, -0.2) is 13.6 Å². The molecule has 1 aromatic heterocycles. The molecule has 0 aliphatic rings. The van der Waals surface area contributed by atoms with Crippen LogP contribution in [-0.2, 0) is 10.0 Å². The number of aryl methyl sites for hydroxylation is 2. The van der Waals surface area contributed by atoms with Gasteiger partial charge < -0.3 is 4.52 Å². The number of nitrogens with zero attached hydrogens (tertiary/aromatic N) is 1. The van der Waals surface area contributed by atoms with E-state index in [4.69, 9.17) is 27.7 Å². The molecule has 0 atom stereocenters. The highest BCUT2D eigenvalue weighted by molar-refractivity contribution is 9.10. The minimum atomic E-state index is -3.94. The fourth-order valence-electron chi connectivity index (χ4n) is 1.60. The van der Waals surface area contributed by atoms with Crippen LogP contribution in [0.3, 0.4) is 0 Å². The molecule has 0 amide bonds. The molecule has 108 valence electrons. The Hall–Kier alpha value is -0.760. The quantitative estimate of drug-likeness (QED) is 0.840. The summed E-state index contributed by atoms with van der Waals surface area (Å²) in [6, 6.07) is 2.91. The van der Waals surface area contributed by atoms with Crippen LogP contribution in [0, 0.1) is 13.8 Å². The van der Waals surface area contributed by atoms with E-state index in [9.17, 15) is 8.42 Å². The fraction of sp³-hybridized carbons (Fsp3) is 0.182. The van der Waals surface area contributed by atoms with Gasteiger partial charge in [0.05, 0.1) is 10.0 Å². The number of hydrogen-bond donors (Lipinski definition) is 1. The molecule has 0 bridgehead atoms. The maximum absolute atomic E-state index is 12.4. The predicted octanol–water partition coefficient (Wildman–Crippen LogP) is 4.16. The third kappa shape index (κ3) is 2.95. The number of hydrogen-bond acceptors (Lipinski definition) is 4. The van der Waals surface area contributed by atoms with E-state index in [1.54, 1.807) is 13.8 Å². The van der Waals surface area contributed by atoms with Gasteiger partial charge in [0, 0.05) is 4.47 Å². The Labute approximate surface area is 134 Å². The Morgan fingerprint density at radius 2 is 1.80 bits per heavy atom. The Morgan fingerprint density at radius 1 is 1.25 bits per heavy atom. The zero-order valence-corrected chi connectivity index (χ0v) is 14.3. The Kier molecular flexibility index (Phi) is 4.34. The molecular weight excluding hydrogens is 391 g/mol. The van der Waals surface area contributed by atoms with Crippen molar-refractivity contribution in [2.45, 2.75) is 18.7 Å². The minimum Gasteiger partial charge on any atom is -0.359 e. The number of sulfonamides is 1. The molecule has 0 saturated carbocycles. The van der Waals surface area contributed by atoms with Crippen LogP contribution in [0.15, 0.2) is 26.0 Å². The first-order valence-corrected chi connectivity index (χ1v) is 8.36. The van der Waals surface area contributed by atoms with Gasteiger partial charge in [-0.2, -0.15) is 0 Å². The molecule has 2 aromatic rings. The maximum atomic E-state index is 12.4. The maximum Gasteiger partial charge on any atom is 0.265 e. The second-order valence-electron chi connectivity index (χ2n) is 4.00. The molecule has 0 fully saturated rings. The van der Waals surface area contributed by atoms with Crippen molar-refractivity contribution in [3.05, 3.63) is 38.1 Å². The van der Waals surface area contributed by atoms with Gasteiger partial charge in [-0.15, -0.1) is 0 Å². The largest absolute Gasteiger partial charge is 0.359 e. The molecule has 20 heavy (non-hydrogen) atoms. The zero-order chi connectivity index (χ0) is 15.1. The van der Waals surface area contributed by atoms with Crippen LogP contribution in [0.25, 0.3) is 0 Å². The molecule has 1 N–H and O–H groups in total. The summed E-state index contributed by atoms with van der Waals surface area (Å²) < 4.78 is 32.7. The Balaban J connectivity index is 2.52. The molecule has 0 aliphatic heterocycles. The lowest BCUT2D eigenvalue weighted by Crippen LogP contribution is -2.15. The van der Waals surface area contributed by atoms with E-state index in [1.807, 2.05) is 0 Å². The van der Waals surface area contributed by atoms with Crippen LogP contribution in [0.5, 0.6) is 0 Å². The lowest BCUT2D eigenvalue weighted by molar-refractivity contribution is 0.393. The summed E-state index contributed by atoms with van der Waals surface area (Å²) in [5.41, 5.74) is 0.704. The van der Waals surface area contributed by atoms with Gasteiger partial charge in [0.25, 0.3) is 10.0 Å². The van der Waals surface area contributed by atoms with Crippen molar-refractivity contribution < 1.29 is 12.9 Å². The first-order chi connectivity index (χ1) is 9.22. The predicted molar refractivity (Wildman–Crippen MR) is 80.9 cm³/mol. The number of aromatic nitrogens is 1. The van der Waals surface area contributed by atoms with Crippen molar-refractivity contribution in [2.75, 3.05) is 4.72 Å². The smallest absolute Gasteiger partial charge is 0.265 e. The summed E-state index contributed by atoms with van der Waals surface area (Å²) in [6.07, 6.45) is 0. The molecule has 9 heteroatoms. The van der Waals surface area contributed by atoms with Gasteiger partial charge in [0.15, 0.2) is 5.76 Å². The number of benzene rings is 1. The van der Waals surface area contributed by atoms with Crippen LogP contribution >= 0.6 is 39.1 Å². The topological polar surface area (TPSA) is 72.2 Å². The van der Waals surface area contributed by atoms with Crippen LogP contribution in [0.2, 0.25) is 10.0 Å². The van der Waals surface area contributed by atoms with Crippen LogP contribution in [0.1, 0.15) is 11.5 Å². The summed E-state index contributed by atoms with van der Waals surface area (Å²) in [5, 5.41) is 3.71. The zero-order valence-electron chi connectivity index (χ0n) is 10.4.